The Morgan fingerprint density at radius 1 is 0.967 bits per heavy atom. The van der Waals surface area contributed by atoms with Crippen molar-refractivity contribution in [1.82, 2.24) is 14.5 Å². The second-order valence-corrected chi connectivity index (χ2v) is 9.61. The third-order valence-corrected chi connectivity index (χ3v) is 7.46. The summed E-state index contributed by atoms with van der Waals surface area (Å²) in [6.07, 6.45) is 14.1. The van der Waals surface area contributed by atoms with Crippen LogP contribution in [-0.4, -0.2) is 32.6 Å². The van der Waals surface area contributed by atoms with Crippen molar-refractivity contribution in [2.45, 2.75) is 109 Å². The van der Waals surface area contributed by atoms with E-state index in [-0.39, 0.29) is 6.04 Å². The molecular weight excluding hydrogens is 374 g/mol. The van der Waals surface area contributed by atoms with Crippen molar-refractivity contribution in [1.29, 1.82) is 0 Å². The molecule has 1 saturated carbocycles. The molecule has 1 aromatic carbocycles. The number of piperidine rings is 1. The summed E-state index contributed by atoms with van der Waals surface area (Å²) in [6, 6.07) is 9.42. The molecule has 164 valence electrons. The molecule has 1 aliphatic heterocycles. The van der Waals surface area contributed by atoms with Gasteiger partial charge in [0.15, 0.2) is 0 Å². The van der Waals surface area contributed by atoms with E-state index in [4.69, 9.17) is 0 Å². The van der Waals surface area contributed by atoms with Crippen LogP contribution in [-0.2, 0) is 0 Å². The van der Waals surface area contributed by atoms with Gasteiger partial charge in [-0.25, -0.2) is 0 Å². The SMILES string of the molecule is C[C@H]1CCC[C@@H](C[C@H](C)n2c(=O)c(=O)[nH]c3ccccc32)N1C1CCCCCCC1. The summed E-state index contributed by atoms with van der Waals surface area (Å²) in [6.45, 7) is 4.51. The first-order chi connectivity index (χ1) is 14.6. The van der Waals surface area contributed by atoms with Crippen molar-refractivity contribution in [3.63, 3.8) is 0 Å². The molecule has 2 heterocycles. The summed E-state index contributed by atoms with van der Waals surface area (Å²) in [4.78, 5) is 30.6. The standard InChI is InChI=1S/C25H37N3O2/c1-18-11-10-14-21(27(18)20-12-6-4-3-5-7-13-20)17-19(2)28-23-16-9-8-15-22(23)26-24(29)25(28)30/h8-9,15-16,18-21H,3-7,10-14,17H2,1-2H3,(H,26,29)/t18-,19-,21-/m0/s1. The molecule has 0 bridgehead atoms. The topological polar surface area (TPSA) is 58.1 Å². The third kappa shape index (κ3) is 4.41. The van der Waals surface area contributed by atoms with Gasteiger partial charge >= 0.3 is 11.1 Å². The smallest absolute Gasteiger partial charge is 0.316 e. The van der Waals surface area contributed by atoms with Crippen molar-refractivity contribution in [2.24, 2.45) is 0 Å². The van der Waals surface area contributed by atoms with E-state index in [1.807, 2.05) is 24.3 Å². The number of nitrogens with zero attached hydrogens (tertiary/aromatic N) is 2. The van der Waals surface area contributed by atoms with Gasteiger partial charge in [0.25, 0.3) is 0 Å². The maximum atomic E-state index is 12.8. The zero-order valence-electron chi connectivity index (χ0n) is 18.6. The van der Waals surface area contributed by atoms with Crippen LogP contribution in [0.2, 0.25) is 0 Å². The summed E-state index contributed by atoms with van der Waals surface area (Å²) in [5.74, 6) is 0. The van der Waals surface area contributed by atoms with Crippen molar-refractivity contribution < 1.29 is 0 Å². The van der Waals surface area contributed by atoms with Gasteiger partial charge in [0.2, 0.25) is 0 Å². The Morgan fingerprint density at radius 3 is 2.43 bits per heavy atom. The maximum absolute atomic E-state index is 12.8. The molecule has 3 atom stereocenters. The van der Waals surface area contributed by atoms with Crippen LogP contribution < -0.4 is 11.1 Å². The van der Waals surface area contributed by atoms with E-state index in [9.17, 15) is 9.59 Å². The number of benzene rings is 1. The molecule has 5 nitrogen and oxygen atoms in total. The van der Waals surface area contributed by atoms with Gasteiger partial charge in [-0.15, -0.1) is 0 Å². The number of aromatic nitrogens is 2. The summed E-state index contributed by atoms with van der Waals surface area (Å²) < 4.78 is 1.74. The number of nitrogens with one attached hydrogen (secondary N) is 1. The third-order valence-electron chi connectivity index (χ3n) is 7.46. The predicted molar refractivity (Wildman–Crippen MR) is 123 cm³/mol. The van der Waals surface area contributed by atoms with Crippen molar-refractivity contribution >= 4 is 11.0 Å². The molecular formula is C25H37N3O2. The largest absolute Gasteiger partial charge is 0.316 e. The van der Waals surface area contributed by atoms with Crippen LogP contribution in [0.4, 0.5) is 0 Å². The van der Waals surface area contributed by atoms with E-state index >= 15 is 0 Å². The average molecular weight is 412 g/mol. The number of likely N-dealkylation sites (tertiary alicyclic amines) is 1. The second kappa shape index (κ2) is 9.51. The summed E-state index contributed by atoms with van der Waals surface area (Å²) >= 11 is 0. The number of hydrogen-bond acceptors (Lipinski definition) is 3. The predicted octanol–water partition coefficient (Wildman–Crippen LogP) is 5.00. The van der Waals surface area contributed by atoms with Crippen LogP contribution in [0, 0.1) is 0 Å². The molecule has 1 aromatic heterocycles. The Kier molecular flexibility index (Phi) is 6.77. The number of hydrogen-bond donors (Lipinski definition) is 1. The minimum Gasteiger partial charge on any atom is -0.316 e. The highest BCUT2D eigenvalue weighted by atomic mass is 16.2. The van der Waals surface area contributed by atoms with Gasteiger partial charge in [0, 0.05) is 24.2 Å². The normalized spacial score (nSPS) is 25.7. The van der Waals surface area contributed by atoms with Gasteiger partial charge in [0.05, 0.1) is 11.0 Å². The summed E-state index contributed by atoms with van der Waals surface area (Å²) in [7, 11) is 0. The zero-order valence-corrected chi connectivity index (χ0v) is 18.6. The summed E-state index contributed by atoms with van der Waals surface area (Å²) in [5, 5.41) is 0. The lowest BCUT2D eigenvalue weighted by molar-refractivity contribution is 0.0241. The highest BCUT2D eigenvalue weighted by molar-refractivity contribution is 5.74. The van der Waals surface area contributed by atoms with Crippen molar-refractivity contribution in [3.05, 3.63) is 45.0 Å². The molecule has 30 heavy (non-hydrogen) atoms. The van der Waals surface area contributed by atoms with Crippen LogP contribution in [0.1, 0.15) is 90.5 Å². The molecule has 0 unspecified atom stereocenters. The van der Waals surface area contributed by atoms with E-state index in [1.54, 1.807) is 4.57 Å². The highest BCUT2D eigenvalue weighted by Crippen LogP contribution is 2.34. The van der Waals surface area contributed by atoms with Crippen LogP contribution >= 0.6 is 0 Å². The van der Waals surface area contributed by atoms with Crippen molar-refractivity contribution in [2.75, 3.05) is 0 Å². The molecule has 0 radical (unpaired) electrons. The van der Waals surface area contributed by atoms with Gasteiger partial charge in [-0.05, 0) is 58.1 Å². The molecule has 4 rings (SSSR count). The van der Waals surface area contributed by atoms with Gasteiger partial charge in [-0.3, -0.25) is 19.1 Å². The fraction of sp³-hybridized carbons (Fsp3) is 0.680. The first-order valence-corrected chi connectivity index (χ1v) is 12.1. The Morgan fingerprint density at radius 2 is 1.67 bits per heavy atom. The first-order valence-electron chi connectivity index (χ1n) is 12.1. The molecule has 2 aromatic rings. The molecule has 1 saturated heterocycles. The maximum Gasteiger partial charge on any atom is 0.316 e. The Labute approximate surface area is 179 Å². The van der Waals surface area contributed by atoms with Crippen LogP contribution in [0.3, 0.4) is 0 Å². The number of H-pyrrole nitrogens is 1. The number of aromatic amines is 1. The quantitative estimate of drug-likeness (QED) is 0.721. The molecule has 1 N–H and O–H groups in total. The van der Waals surface area contributed by atoms with Gasteiger partial charge in [-0.1, -0.05) is 50.7 Å². The molecule has 5 heteroatoms. The Bertz CT molecular complexity index is 955. The van der Waals surface area contributed by atoms with Gasteiger partial charge in [-0.2, -0.15) is 0 Å². The Hall–Kier alpha value is -1.88. The van der Waals surface area contributed by atoms with Crippen molar-refractivity contribution in [3.8, 4) is 0 Å². The molecule has 0 spiro atoms. The number of fused-ring (bicyclic) bond motifs is 1. The van der Waals surface area contributed by atoms with E-state index in [1.165, 1.54) is 64.2 Å². The van der Waals surface area contributed by atoms with E-state index in [2.05, 4.69) is 23.7 Å². The molecule has 0 amide bonds. The van der Waals surface area contributed by atoms with Gasteiger partial charge < -0.3 is 4.98 Å². The van der Waals surface area contributed by atoms with Gasteiger partial charge in [0.1, 0.15) is 0 Å². The molecule has 1 aliphatic carbocycles. The minimum atomic E-state index is -0.519. The number of rotatable bonds is 4. The van der Waals surface area contributed by atoms with E-state index < -0.39 is 11.1 Å². The first kappa shape index (κ1) is 21.4. The highest BCUT2D eigenvalue weighted by Gasteiger charge is 2.34. The van der Waals surface area contributed by atoms with E-state index in [0.29, 0.717) is 18.1 Å². The van der Waals surface area contributed by atoms with E-state index in [0.717, 1.165) is 17.5 Å². The summed E-state index contributed by atoms with van der Waals surface area (Å²) in [5.41, 5.74) is 0.621. The van der Waals surface area contributed by atoms with Crippen LogP contribution in [0.25, 0.3) is 11.0 Å². The monoisotopic (exact) mass is 411 g/mol. The lowest BCUT2D eigenvalue weighted by atomic mass is 9.86. The lowest BCUT2D eigenvalue weighted by Gasteiger charge is -2.47. The minimum absolute atomic E-state index is 0.00365. The van der Waals surface area contributed by atoms with Crippen LogP contribution in [0.15, 0.2) is 33.9 Å². The fourth-order valence-electron chi connectivity index (χ4n) is 6.06. The molecule has 2 aliphatic rings. The fourth-order valence-corrected chi connectivity index (χ4v) is 6.06. The number of para-hydroxylation sites is 2. The second-order valence-electron chi connectivity index (χ2n) is 9.61. The lowest BCUT2D eigenvalue weighted by Crippen LogP contribution is -2.52. The Balaban J connectivity index is 1.62. The molecule has 2 fully saturated rings. The average Bonchev–Trinajstić information content (AvgIpc) is 2.70. The zero-order chi connectivity index (χ0) is 21.1. The van der Waals surface area contributed by atoms with Crippen LogP contribution in [0.5, 0.6) is 0 Å².